The van der Waals surface area contributed by atoms with E-state index in [0.29, 0.717) is 36.6 Å². The van der Waals surface area contributed by atoms with Crippen LogP contribution in [0.4, 0.5) is 16.4 Å². The van der Waals surface area contributed by atoms with Gasteiger partial charge in [-0.3, -0.25) is 0 Å². The van der Waals surface area contributed by atoms with E-state index in [-0.39, 0.29) is 11.0 Å². The molecule has 0 saturated heterocycles. The quantitative estimate of drug-likeness (QED) is 0.598. The molecular formula is C19H25N5O4S. The third kappa shape index (κ3) is 5.88. The van der Waals surface area contributed by atoms with Gasteiger partial charge in [-0.1, -0.05) is 6.92 Å². The number of carbonyl (C=O) groups excluding carboxylic acids is 1. The van der Waals surface area contributed by atoms with E-state index in [1.807, 2.05) is 6.92 Å². The lowest BCUT2D eigenvalue weighted by Crippen LogP contribution is -2.31. The fourth-order valence-corrected chi connectivity index (χ4v) is 3.60. The summed E-state index contributed by atoms with van der Waals surface area (Å²) in [6, 6.07) is 6.05. The molecule has 0 aliphatic heterocycles. The van der Waals surface area contributed by atoms with Crippen LogP contribution in [0.1, 0.15) is 37.7 Å². The first-order valence-corrected chi connectivity index (χ1v) is 11.0. The van der Waals surface area contributed by atoms with Gasteiger partial charge in [0.25, 0.3) is 0 Å². The molecular weight excluding hydrogens is 394 g/mol. The predicted molar refractivity (Wildman–Crippen MR) is 108 cm³/mol. The number of carbonyl (C=O) groups is 1. The van der Waals surface area contributed by atoms with E-state index in [9.17, 15) is 13.2 Å². The number of hydrogen-bond acceptors (Lipinski definition) is 7. The zero-order valence-corrected chi connectivity index (χ0v) is 17.0. The van der Waals surface area contributed by atoms with Crippen molar-refractivity contribution < 1.29 is 17.9 Å². The van der Waals surface area contributed by atoms with Crippen LogP contribution in [-0.2, 0) is 14.8 Å². The standard InChI is InChI=1S/C19H25N5O4S/c1-2-7-21-19(25)28-12-13-8-14(9-13)15-10-22-18(23-11-15)24-16-3-5-17(6-4-16)29(20,26)27/h3-6,10-11,13-14H,2,7-9,12H2,1H3,(H,21,25)(H2,20,26,27)(H,22,23,24). The second kappa shape index (κ2) is 9.19. The maximum Gasteiger partial charge on any atom is 0.407 e. The van der Waals surface area contributed by atoms with Gasteiger partial charge in [-0.2, -0.15) is 0 Å². The number of nitrogens with zero attached hydrogens (tertiary/aromatic N) is 2. The second-order valence-corrected chi connectivity index (χ2v) is 8.66. The third-order valence-electron chi connectivity index (χ3n) is 4.79. The summed E-state index contributed by atoms with van der Waals surface area (Å²) >= 11 is 0. The average molecular weight is 420 g/mol. The van der Waals surface area contributed by atoms with Crippen LogP contribution in [0.15, 0.2) is 41.6 Å². The van der Waals surface area contributed by atoms with Crippen LogP contribution in [0.3, 0.4) is 0 Å². The molecule has 10 heteroatoms. The molecule has 1 amide bonds. The van der Waals surface area contributed by atoms with Crippen molar-refractivity contribution in [2.45, 2.75) is 37.0 Å². The minimum absolute atomic E-state index is 0.0469. The molecule has 3 rings (SSSR count). The van der Waals surface area contributed by atoms with Crippen LogP contribution in [0.2, 0.25) is 0 Å². The molecule has 1 aliphatic rings. The van der Waals surface area contributed by atoms with Crippen molar-refractivity contribution in [2.24, 2.45) is 11.1 Å². The number of alkyl carbamates (subject to hydrolysis) is 1. The first-order valence-electron chi connectivity index (χ1n) is 9.47. The Labute approximate surface area is 170 Å². The Morgan fingerprint density at radius 2 is 1.86 bits per heavy atom. The van der Waals surface area contributed by atoms with E-state index in [1.165, 1.54) is 12.1 Å². The summed E-state index contributed by atoms with van der Waals surface area (Å²) < 4.78 is 27.8. The highest BCUT2D eigenvalue weighted by atomic mass is 32.2. The fourth-order valence-electron chi connectivity index (χ4n) is 3.09. The van der Waals surface area contributed by atoms with Crippen LogP contribution in [-0.4, -0.2) is 37.6 Å². The van der Waals surface area contributed by atoms with Crippen LogP contribution >= 0.6 is 0 Å². The number of primary sulfonamides is 1. The molecule has 1 heterocycles. The van der Waals surface area contributed by atoms with E-state index >= 15 is 0 Å². The Hall–Kier alpha value is -2.72. The number of sulfonamides is 1. The first-order chi connectivity index (χ1) is 13.8. The Morgan fingerprint density at radius 1 is 1.21 bits per heavy atom. The van der Waals surface area contributed by atoms with Crippen LogP contribution < -0.4 is 15.8 Å². The Kier molecular flexibility index (Phi) is 6.65. The van der Waals surface area contributed by atoms with Crippen LogP contribution in [0.25, 0.3) is 0 Å². The monoisotopic (exact) mass is 419 g/mol. The summed E-state index contributed by atoms with van der Waals surface area (Å²) in [5, 5.41) is 10.8. The smallest absolute Gasteiger partial charge is 0.407 e. The van der Waals surface area contributed by atoms with Gasteiger partial charge >= 0.3 is 6.09 Å². The number of ether oxygens (including phenoxy) is 1. The van der Waals surface area contributed by atoms with Gasteiger partial charge in [-0.25, -0.2) is 28.3 Å². The normalized spacial score (nSPS) is 18.6. The summed E-state index contributed by atoms with van der Waals surface area (Å²) in [6.07, 6.45) is 5.96. The first kappa shape index (κ1) is 21.0. The van der Waals surface area contributed by atoms with Crippen LogP contribution in [0.5, 0.6) is 0 Å². The van der Waals surface area contributed by atoms with Gasteiger partial charge in [0, 0.05) is 24.6 Å². The molecule has 2 aromatic rings. The average Bonchev–Trinajstić information content (AvgIpc) is 2.66. The molecule has 1 saturated carbocycles. The van der Waals surface area contributed by atoms with Gasteiger partial charge in [0.1, 0.15) is 0 Å². The molecule has 1 aromatic carbocycles. The summed E-state index contributed by atoms with van der Waals surface area (Å²) in [5.74, 6) is 1.15. The summed E-state index contributed by atoms with van der Waals surface area (Å²) in [4.78, 5) is 20.1. The lowest BCUT2D eigenvalue weighted by Gasteiger charge is -2.34. The molecule has 1 aromatic heterocycles. The Morgan fingerprint density at radius 3 is 2.45 bits per heavy atom. The lowest BCUT2D eigenvalue weighted by atomic mass is 9.72. The molecule has 1 aliphatic carbocycles. The Balaban J connectivity index is 1.46. The van der Waals surface area contributed by atoms with Crippen molar-refractivity contribution in [3.8, 4) is 0 Å². The van der Waals surface area contributed by atoms with Crippen molar-refractivity contribution in [3.63, 3.8) is 0 Å². The van der Waals surface area contributed by atoms with E-state index in [4.69, 9.17) is 9.88 Å². The predicted octanol–water partition coefficient (Wildman–Crippen LogP) is 2.50. The molecule has 0 radical (unpaired) electrons. The highest BCUT2D eigenvalue weighted by Crippen LogP contribution is 2.41. The van der Waals surface area contributed by atoms with Crippen molar-refractivity contribution in [1.29, 1.82) is 0 Å². The number of rotatable bonds is 8. The molecule has 0 spiro atoms. The largest absolute Gasteiger partial charge is 0.449 e. The number of amides is 1. The van der Waals surface area contributed by atoms with Gasteiger partial charge < -0.3 is 15.4 Å². The van der Waals surface area contributed by atoms with E-state index in [0.717, 1.165) is 24.8 Å². The van der Waals surface area contributed by atoms with Gasteiger partial charge in [0.05, 0.1) is 11.5 Å². The highest BCUT2D eigenvalue weighted by molar-refractivity contribution is 7.89. The van der Waals surface area contributed by atoms with Gasteiger partial charge in [-0.15, -0.1) is 0 Å². The van der Waals surface area contributed by atoms with E-state index < -0.39 is 10.0 Å². The summed E-state index contributed by atoms with van der Waals surface area (Å²) in [7, 11) is -3.71. The van der Waals surface area contributed by atoms with E-state index in [2.05, 4.69) is 20.6 Å². The van der Waals surface area contributed by atoms with Crippen molar-refractivity contribution >= 4 is 27.8 Å². The minimum atomic E-state index is -3.71. The SMILES string of the molecule is CCCNC(=O)OCC1CC(c2cnc(Nc3ccc(S(N)(=O)=O)cc3)nc2)C1. The summed E-state index contributed by atoms with van der Waals surface area (Å²) in [5.41, 5.74) is 1.71. The van der Waals surface area contributed by atoms with Crippen molar-refractivity contribution in [3.05, 3.63) is 42.2 Å². The lowest BCUT2D eigenvalue weighted by molar-refractivity contribution is 0.0946. The number of anilines is 2. The van der Waals surface area contributed by atoms with Crippen molar-refractivity contribution in [2.75, 3.05) is 18.5 Å². The van der Waals surface area contributed by atoms with Crippen LogP contribution in [0, 0.1) is 5.92 Å². The van der Waals surface area contributed by atoms with Gasteiger partial charge in [0.2, 0.25) is 16.0 Å². The number of nitrogens with one attached hydrogen (secondary N) is 2. The zero-order chi connectivity index (χ0) is 20.9. The maximum atomic E-state index is 11.5. The summed E-state index contributed by atoms with van der Waals surface area (Å²) in [6.45, 7) is 3.05. The van der Waals surface area contributed by atoms with E-state index in [1.54, 1.807) is 24.5 Å². The molecule has 4 N–H and O–H groups in total. The molecule has 0 unspecified atom stereocenters. The van der Waals surface area contributed by atoms with Gasteiger partial charge in [0.15, 0.2) is 0 Å². The molecule has 0 atom stereocenters. The zero-order valence-electron chi connectivity index (χ0n) is 16.2. The topological polar surface area (TPSA) is 136 Å². The molecule has 0 bridgehead atoms. The number of aromatic nitrogens is 2. The molecule has 9 nitrogen and oxygen atoms in total. The minimum Gasteiger partial charge on any atom is -0.449 e. The van der Waals surface area contributed by atoms with Gasteiger partial charge in [-0.05, 0) is 60.9 Å². The number of benzene rings is 1. The maximum absolute atomic E-state index is 11.5. The fraction of sp³-hybridized carbons (Fsp3) is 0.421. The highest BCUT2D eigenvalue weighted by Gasteiger charge is 2.31. The second-order valence-electron chi connectivity index (χ2n) is 7.09. The molecule has 1 fully saturated rings. The molecule has 29 heavy (non-hydrogen) atoms. The molecule has 156 valence electrons. The third-order valence-corrected chi connectivity index (χ3v) is 5.72. The number of nitrogens with two attached hydrogens (primary N) is 1. The Bertz CT molecular complexity index is 926. The van der Waals surface area contributed by atoms with Crippen molar-refractivity contribution in [1.82, 2.24) is 15.3 Å². The number of hydrogen-bond donors (Lipinski definition) is 3.